The number of aromatic nitrogens is 2. The summed E-state index contributed by atoms with van der Waals surface area (Å²) >= 11 is 0. The van der Waals surface area contributed by atoms with Crippen molar-refractivity contribution in [2.24, 2.45) is 13.0 Å². The highest BCUT2D eigenvalue weighted by molar-refractivity contribution is 5.97. The second-order valence-electron chi connectivity index (χ2n) is 6.66. The lowest BCUT2D eigenvalue weighted by molar-refractivity contribution is -0.119. The monoisotopic (exact) mass is 368 g/mol. The van der Waals surface area contributed by atoms with Gasteiger partial charge in [0.25, 0.3) is 0 Å². The van der Waals surface area contributed by atoms with Crippen LogP contribution in [0.4, 0.5) is 5.69 Å². The predicted octanol–water partition coefficient (Wildman–Crippen LogP) is 1.89. The number of carbonyl (C=O) groups excluding carboxylic acids is 2. The molecule has 0 spiro atoms. The highest BCUT2D eigenvalue weighted by Crippen LogP contribution is 2.30. The highest BCUT2D eigenvalue weighted by atomic mass is 16.5. The minimum atomic E-state index is -0.534. The number of amides is 1. The third-order valence-electron chi connectivity index (χ3n) is 4.87. The van der Waals surface area contributed by atoms with E-state index in [0.29, 0.717) is 17.8 Å². The summed E-state index contributed by atoms with van der Waals surface area (Å²) in [6.07, 6.45) is 3.76. The number of benzene rings is 1. The molecule has 140 valence electrons. The van der Waals surface area contributed by atoms with Gasteiger partial charge >= 0.3 is 5.97 Å². The average Bonchev–Trinajstić information content (AvgIpc) is 3.38. The zero-order chi connectivity index (χ0) is 19.0. The molecule has 1 aliphatic rings. The van der Waals surface area contributed by atoms with Crippen molar-refractivity contribution in [2.45, 2.75) is 5.92 Å². The van der Waals surface area contributed by atoms with Gasteiger partial charge in [-0.15, -0.1) is 0 Å². The third kappa shape index (κ3) is 3.31. The van der Waals surface area contributed by atoms with Crippen LogP contribution in [0.5, 0.6) is 0 Å². The molecule has 0 radical (unpaired) electrons. The fourth-order valence-electron chi connectivity index (χ4n) is 3.49. The Morgan fingerprint density at radius 1 is 1.33 bits per heavy atom. The van der Waals surface area contributed by atoms with Crippen LogP contribution < -0.4 is 10.6 Å². The maximum atomic E-state index is 12.8. The molecule has 1 fully saturated rings. The fourth-order valence-corrected chi connectivity index (χ4v) is 3.49. The number of esters is 1. The van der Waals surface area contributed by atoms with Gasteiger partial charge in [0.1, 0.15) is 5.58 Å². The summed E-state index contributed by atoms with van der Waals surface area (Å²) < 4.78 is 11.9. The van der Waals surface area contributed by atoms with Gasteiger partial charge in [0, 0.05) is 43.3 Å². The molecule has 8 nitrogen and oxygen atoms in total. The SMILES string of the molecule is COC(=O)c1cc2cc(NC(=O)[C@H]3CNC[C@@H]3c3cnn(C)c3)ccc2o1. The Morgan fingerprint density at radius 2 is 2.19 bits per heavy atom. The van der Waals surface area contributed by atoms with Crippen molar-refractivity contribution in [3.8, 4) is 0 Å². The van der Waals surface area contributed by atoms with Crippen molar-refractivity contribution in [1.82, 2.24) is 15.1 Å². The predicted molar refractivity (Wildman–Crippen MR) is 98.5 cm³/mol. The molecule has 1 saturated heterocycles. The van der Waals surface area contributed by atoms with Crippen LogP contribution in [0.15, 0.2) is 41.1 Å². The number of methoxy groups -OCH3 is 1. The largest absolute Gasteiger partial charge is 0.463 e. The first-order valence-corrected chi connectivity index (χ1v) is 8.67. The smallest absolute Gasteiger partial charge is 0.373 e. The molecule has 2 atom stereocenters. The molecule has 1 amide bonds. The molecule has 27 heavy (non-hydrogen) atoms. The number of fused-ring (bicyclic) bond motifs is 1. The molecule has 1 aromatic carbocycles. The number of furan rings is 1. The van der Waals surface area contributed by atoms with Crippen molar-refractivity contribution in [3.63, 3.8) is 0 Å². The Kier molecular flexibility index (Phi) is 4.41. The summed E-state index contributed by atoms with van der Waals surface area (Å²) in [7, 11) is 3.17. The van der Waals surface area contributed by atoms with E-state index in [9.17, 15) is 9.59 Å². The van der Waals surface area contributed by atoms with Crippen LogP contribution in [0.3, 0.4) is 0 Å². The van der Waals surface area contributed by atoms with Crippen molar-refractivity contribution >= 4 is 28.5 Å². The third-order valence-corrected chi connectivity index (χ3v) is 4.87. The molecule has 0 unspecified atom stereocenters. The second-order valence-corrected chi connectivity index (χ2v) is 6.66. The molecule has 3 heterocycles. The quantitative estimate of drug-likeness (QED) is 0.683. The molecule has 0 bridgehead atoms. The topological polar surface area (TPSA) is 98.4 Å². The lowest BCUT2D eigenvalue weighted by Crippen LogP contribution is -2.28. The number of aryl methyl sites for hydroxylation is 1. The van der Waals surface area contributed by atoms with E-state index in [4.69, 9.17) is 4.42 Å². The lowest BCUT2D eigenvalue weighted by Gasteiger charge is -2.17. The number of hydrogen-bond acceptors (Lipinski definition) is 6. The highest BCUT2D eigenvalue weighted by Gasteiger charge is 2.34. The maximum Gasteiger partial charge on any atom is 0.373 e. The van der Waals surface area contributed by atoms with Crippen LogP contribution >= 0.6 is 0 Å². The first-order valence-electron chi connectivity index (χ1n) is 8.67. The molecule has 8 heteroatoms. The molecule has 2 N–H and O–H groups in total. The van der Waals surface area contributed by atoms with Gasteiger partial charge in [0.05, 0.1) is 19.2 Å². The van der Waals surface area contributed by atoms with Crippen molar-refractivity contribution in [2.75, 3.05) is 25.5 Å². The Bertz CT molecular complexity index is 1010. The number of rotatable bonds is 4. The molecule has 2 aromatic heterocycles. The summed E-state index contributed by atoms with van der Waals surface area (Å²) in [5, 5.41) is 11.2. The summed E-state index contributed by atoms with van der Waals surface area (Å²) in [5.41, 5.74) is 2.27. The van der Waals surface area contributed by atoms with E-state index in [-0.39, 0.29) is 23.5 Å². The normalized spacial score (nSPS) is 19.3. The number of nitrogens with zero attached hydrogens (tertiary/aromatic N) is 2. The van der Waals surface area contributed by atoms with Gasteiger partial charge in [0.2, 0.25) is 11.7 Å². The number of nitrogens with one attached hydrogen (secondary N) is 2. The van der Waals surface area contributed by atoms with Crippen LogP contribution in [0.1, 0.15) is 22.0 Å². The van der Waals surface area contributed by atoms with Gasteiger partial charge in [-0.2, -0.15) is 5.10 Å². The number of carbonyl (C=O) groups is 2. The Hall–Kier alpha value is -3.13. The summed E-state index contributed by atoms with van der Waals surface area (Å²) in [4.78, 5) is 24.4. The zero-order valence-electron chi connectivity index (χ0n) is 15.1. The van der Waals surface area contributed by atoms with E-state index in [2.05, 4.69) is 20.5 Å². The van der Waals surface area contributed by atoms with Gasteiger partial charge in [-0.1, -0.05) is 0 Å². The van der Waals surface area contributed by atoms with Crippen molar-refractivity contribution < 1.29 is 18.7 Å². The standard InChI is InChI=1S/C19H20N4O4/c1-23-10-12(7-21-23)14-8-20-9-15(14)18(24)22-13-3-4-16-11(5-13)6-17(27-16)19(25)26-2/h3-7,10,14-15,20H,8-9H2,1-2H3,(H,22,24)/t14-,15+/m1/s1. The summed E-state index contributed by atoms with van der Waals surface area (Å²) in [6, 6.07) is 6.87. The number of anilines is 1. The van der Waals surface area contributed by atoms with Crippen LogP contribution in [0.25, 0.3) is 11.0 Å². The number of ether oxygens (including phenoxy) is 1. The maximum absolute atomic E-state index is 12.8. The number of hydrogen-bond donors (Lipinski definition) is 2. The molecule has 3 aromatic rings. The lowest BCUT2D eigenvalue weighted by atomic mass is 9.90. The van der Waals surface area contributed by atoms with Crippen LogP contribution in [0, 0.1) is 5.92 Å². The van der Waals surface area contributed by atoms with Gasteiger partial charge in [0.15, 0.2) is 0 Å². The van der Waals surface area contributed by atoms with Gasteiger partial charge in [-0.25, -0.2) is 4.79 Å². The van der Waals surface area contributed by atoms with Crippen LogP contribution in [0.2, 0.25) is 0 Å². The van der Waals surface area contributed by atoms with Gasteiger partial charge < -0.3 is 19.8 Å². The molecular weight excluding hydrogens is 348 g/mol. The second kappa shape index (κ2) is 6.88. The Balaban J connectivity index is 1.52. The first-order chi connectivity index (χ1) is 13.0. The minimum Gasteiger partial charge on any atom is -0.463 e. The molecule has 1 aliphatic heterocycles. The van der Waals surface area contributed by atoms with E-state index < -0.39 is 5.97 Å². The van der Waals surface area contributed by atoms with Crippen molar-refractivity contribution in [3.05, 3.63) is 48.0 Å². The van der Waals surface area contributed by atoms with E-state index in [1.54, 1.807) is 28.9 Å². The van der Waals surface area contributed by atoms with Crippen LogP contribution in [-0.4, -0.2) is 41.9 Å². The van der Waals surface area contributed by atoms with Crippen LogP contribution in [-0.2, 0) is 16.6 Å². The minimum absolute atomic E-state index is 0.0510. The zero-order valence-corrected chi connectivity index (χ0v) is 15.1. The first kappa shape index (κ1) is 17.3. The molecule has 0 saturated carbocycles. The van der Waals surface area contributed by atoms with E-state index in [1.807, 2.05) is 19.4 Å². The average molecular weight is 368 g/mol. The summed E-state index contributed by atoms with van der Waals surface area (Å²) in [6.45, 7) is 1.36. The van der Waals surface area contributed by atoms with Crippen molar-refractivity contribution in [1.29, 1.82) is 0 Å². The fraction of sp³-hybridized carbons (Fsp3) is 0.316. The molecular formula is C19H20N4O4. The van der Waals surface area contributed by atoms with E-state index >= 15 is 0 Å². The van der Waals surface area contributed by atoms with E-state index in [1.165, 1.54) is 7.11 Å². The van der Waals surface area contributed by atoms with Gasteiger partial charge in [-0.05, 0) is 29.8 Å². The molecule has 0 aliphatic carbocycles. The van der Waals surface area contributed by atoms with Gasteiger partial charge in [-0.3, -0.25) is 9.48 Å². The summed E-state index contributed by atoms with van der Waals surface area (Å²) in [5.74, 6) is -0.548. The Labute approximate surface area is 155 Å². The Morgan fingerprint density at radius 3 is 2.93 bits per heavy atom. The molecule has 4 rings (SSSR count). The van der Waals surface area contributed by atoms with E-state index in [0.717, 1.165) is 17.5 Å².